The van der Waals surface area contributed by atoms with Crippen molar-refractivity contribution in [3.05, 3.63) is 17.4 Å². The number of rotatable bonds is 2. The average Bonchev–Trinajstić information content (AvgIpc) is 3.12. The molecule has 1 aliphatic carbocycles. The van der Waals surface area contributed by atoms with Crippen LogP contribution in [0.3, 0.4) is 0 Å². The molecule has 0 aromatic heterocycles. The summed E-state index contributed by atoms with van der Waals surface area (Å²) < 4.78 is 24.2. The molecule has 96 valence electrons. The summed E-state index contributed by atoms with van der Waals surface area (Å²) in [5.41, 5.74) is -1.23. The third-order valence-electron chi connectivity index (χ3n) is 3.40. The fourth-order valence-electron chi connectivity index (χ4n) is 2.28. The molecule has 3 rings (SSSR count). The van der Waals surface area contributed by atoms with Gasteiger partial charge in [-0.05, 0) is 12.8 Å². The van der Waals surface area contributed by atoms with Crippen LogP contribution in [0, 0.1) is 5.82 Å². The van der Waals surface area contributed by atoms with E-state index in [1.165, 1.54) is 0 Å². The van der Waals surface area contributed by atoms with Crippen molar-refractivity contribution in [2.24, 2.45) is 0 Å². The van der Waals surface area contributed by atoms with E-state index in [1.807, 2.05) is 0 Å². The van der Waals surface area contributed by atoms with Crippen molar-refractivity contribution in [3.8, 4) is 17.2 Å². The van der Waals surface area contributed by atoms with Gasteiger partial charge in [-0.2, -0.15) is 0 Å². The Morgan fingerprint density at radius 1 is 1.33 bits per heavy atom. The molecule has 2 aliphatic rings. The summed E-state index contributed by atoms with van der Waals surface area (Å²) in [5, 5.41) is 19.0. The lowest BCUT2D eigenvalue weighted by atomic mass is 9.93. The van der Waals surface area contributed by atoms with Gasteiger partial charge in [0.2, 0.25) is 0 Å². The molecule has 0 radical (unpaired) electrons. The zero-order chi connectivity index (χ0) is 12.9. The number of ether oxygens (including phenoxy) is 2. The fourth-order valence-corrected chi connectivity index (χ4v) is 2.28. The SMILES string of the molecule is O=C(O)C1(c2c(O)c(F)cc3c2OCCO3)CC1. The highest BCUT2D eigenvalue weighted by Gasteiger charge is 2.56. The van der Waals surface area contributed by atoms with E-state index in [2.05, 4.69) is 0 Å². The number of phenols is 1. The number of benzene rings is 1. The largest absolute Gasteiger partial charge is 0.505 e. The Kier molecular flexibility index (Phi) is 2.17. The van der Waals surface area contributed by atoms with E-state index in [4.69, 9.17) is 9.47 Å². The van der Waals surface area contributed by atoms with Gasteiger partial charge in [0.1, 0.15) is 18.6 Å². The van der Waals surface area contributed by atoms with E-state index in [1.54, 1.807) is 0 Å². The van der Waals surface area contributed by atoms with Crippen LogP contribution in [0.1, 0.15) is 18.4 Å². The van der Waals surface area contributed by atoms with E-state index < -0.39 is 23.0 Å². The standard InChI is InChI=1S/C12H11FO5/c13-6-5-7-10(18-4-3-17-7)8(9(6)14)12(1-2-12)11(15)16/h5,14H,1-4H2,(H,15,16). The van der Waals surface area contributed by atoms with Crippen LogP contribution in [0.15, 0.2) is 6.07 Å². The molecule has 0 amide bonds. The third-order valence-corrected chi connectivity index (χ3v) is 3.40. The highest BCUT2D eigenvalue weighted by Crippen LogP contribution is 2.57. The number of hydrogen-bond acceptors (Lipinski definition) is 4. The first-order chi connectivity index (χ1) is 8.56. The summed E-state index contributed by atoms with van der Waals surface area (Å²) in [4.78, 5) is 11.3. The average molecular weight is 254 g/mol. The van der Waals surface area contributed by atoms with E-state index >= 15 is 0 Å². The first-order valence-electron chi connectivity index (χ1n) is 5.61. The molecule has 1 aromatic rings. The minimum absolute atomic E-state index is 0.00435. The quantitative estimate of drug-likeness (QED) is 0.834. The predicted molar refractivity (Wildman–Crippen MR) is 57.6 cm³/mol. The second-order valence-corrected chi connectivity index (χ2v) is 4.49. The maximum atomic E-state index is 13.6. The van der Waals surface area contributed by atoms with Crippen LogP contribution in [0.4, 0.5) is 4.39 Å². The molecular weight excluding hydrogens is 243 g/mol. The summed E-state index contributed by atoms with van der Waals surface area (Å²) in [6.07, 6.45) is 0.713. The molecule has 6 heteroatoms. The molecular formula is C12H11FO5. The smallest absolute Gasteiger partial charge is 0.314 e. The van der Waals surface area contributed by atoms with Gasteiger partial charge >= 0.3 is 5.97 Å². The van der Waals surface area contributed by atoms with Crippen LogP contribution in [0.2, 0.25) is 0 Å². The normalized spacial score (nSPS) is 19.4. The minimum Gasteiger partial charge on any atom is -0.505 e. The predicted octanol–water partition coefficient (Wildman–Crippen LogP) is 1.42. The summed E-state index contributed by atoms with van der Waals surface area (Å²) >= 11 is 0. The second-order valence-electron chi connectivity index (χ2n) is 4.49. The molecule has 0 atom stereocenters. The lowest BCUT2D eigenvalue weighted by Crippen LogP contribution is -2.24. The Bertz CT molecular complexity index is 536. The molecule has 1 saturated carbocycles. The van der Waals surface area contributed by atoms with Crippen LogP contribution in [0.25, 0.3) is 0 Å². The molecule has 0 saturated heterocycles. The number of carboxylic acid groups (broad SMARTS) is 1. The van der Waals surface area contributed by atoms with Crippen molar-refractivity contribution in [1.82, 2.24) is 0 Å². The Balaban J connectivity index is 2.24. The Morgan fingerprint density at radius 3 is 2.61 bits per heavy atom. The number of aromatic hydroxyl groups is 1. The van der Waals surface area contributed by atoms with Crippen LogP contribution in [-0.4, -0.2) is 29.4 Å². The highest BCUT2D eigenvalue weighted by atomic mass is 19.1. The molecule has 1 heterocycles. The Labute approximate surface area is 102 Å². The molecule has 2 N–H and O–H groups in total. The molecule has 0 unspecified atom stereocenters. The topological polar surface area (TPSA) is 76.0 Å². The Hall–Kier alpha value is -1.98. The molecule has 18 heavy (non-hydrogen) atoms. The number of aliphatic carboxylic acids is 1. The van der Waals surface area contributed by atoms with Crippen molar-refractivity contribution >= 4 is 5.97 Å². The number of fused-ring (bicyclic) bond motifs is 1. The monoisotopic (exact) mass is 254 g/mol. The highest BCUT2D eigenvalue weighted by molar-refractivity contribution is 5.88. The van der Waals surface area contributed by atoms with Crippen LogP contribution >= 0.6 is 0 Å². The number of hydrogen-bond donors (Lipinski definition) is 2. The van der Waals surface area contributed by atoms with Gasteiger partial charge in [-0.25, -0.2) is 4.39 Å². The van der Waals surface area contributed by atoms with Crippen molar-refractivity contribution in [2.45, 2.75) is 18.3 Å². The molecule has 1 fully saturated rings. The van der Waals surface area contributed by atoms with Crippen LogP contribution < -0.4 is 9.47 Å². The van der Waals surface area contributed by atoms with Gasteiger partial charge in [-0.3, -0.25) is 4.79 Å². The lowest BCUT2D eigenvalue weighted by Gasteiger charge is -2.24. The number of carboxylic acids is 1. The number of phenolic OH excluding ortho intramolecular Hbond substituents is 1. The van der Waals surface area contributed by atoms with Gasteiger partial charge in [-0.1, -0.05) is 0 Å². The zero-order valence-electron chi connectivity index (χ0n) is 9.40. The van der Waals surface area contributed by atoms with Crippen molar-refractivity contribution < 1.29 is 28.9 Å². The minimum atomic E-state index is -1.24. The van der Waals surface area contributed by atoms with Crippen molar-refractivity contribution in [3.63, 3.8) is 0 Å². The molecule has 5 nitrogen and oxygen atoms in total. The number of carbonyl (C=O) groups is 1. The van der Waals surface area contributed by atoms with Gasteiger partial charge in [-0.15, -0.1) is 0 Å². The van der Waals surface area contributed by atoms with E-state index in [9.17, 15) is 19.4 Å². The molecule has 0 bridgehead atoms. The van der Waals surface area contributed by atoms with Crippen LogP contribution in [-0.2, 0) is 10.2 Å². The summed E-state index contributed by atoms with van der Waals surface area (Å²) in [5.74, 6) is -2.32. The van der Waals surface area contributed by atoms with E-state index in [0.29, 0.717) is 12.8 Å². The summed E-state index contributed by atoms with van der Waals surface area (Å²) in [6, 6.07) is 1.02. The number of halogens is 1. The molecule has 0 spiro atoms. The fraction of sp³-hybridized carbons (Fsp3) is 0.417. The lowest BCUT2D eigenvalue weighted by molar-refractivity contribution is -0.140. The first-order valence-corrected chi connectivity index (χ1v) is 5.61. The van der Waals surface area contributed by atoms with Crippen molar-refractivity contribution in [2.75, 3.05) is 13.2 Å². The Morgan fingerprint density at radius 2 is 2.00 bits per heavy atom. The van der Waals surface area contributed by atoms with Gasteiger partial charge in [0, 0.05) is 6.07 Å². The van der Waals surface area contributed by atoms with Gasteiger partial charge in [0.15, 0.2) is 23.1 Å². The summed E-state index contributed by atoms with van der Waals surface area (Å²) in [7, 11) is 0. The van der Waals surface area contributed by atoms with Gasteiger partial charge < -0.3 is 19.7 Å². The summed E-state index contributed by atoms with van der Waals surface area (Å²) in [6.45, 7) is 0.525. The second kappa shape index (κ2) is 3.51. The van der Waals surface area contributed by atoms with E-state index in [0.717, 1.165) is 6.07 Å². The zero-order valence-corrected chi connectivity index (χ0v) is 9.40. The first kappa shape index (κ1) is 11.1. The molecule has 1 aliphatic heterocycles. The van der Waals surface area contributed by atoms with Gasteiger partial charge in [0.25, 0.3) is 0 Å². The van der Waals surface area contributed by atoms with Crippen LogP contribution in [0.5, 0.6) is 17.2 Å². The maximum absolute atomic E-state index is 13.6. The van der Waals surface area contributed by atoms with Gasteiger partial charge in [0.05, 0.1) is 5.56 Å². The molecule has 1 aromatic carbocycles. The maximum Gasteiger partial charge on any atom is 0.314 e. The van der Waals surface area contributed by atoms with E-state index in [-0.39, 0.29) is 30.3 Å². The third kappa shape index (κ3) is 1.35. The van der Waals surface area contributed by atoms with Crippen molar-refractivity contribution in [1.29, 1.82) is 0 Å².